The summed E-state index contributed by atoms with van der Waals surface area (Å²) in [5, 5.41) is 8.92. The first kappa shape index (κ1) is 11.5. The summed E-state index contributed by atoms with van der Waals surface area (Å²) in [6.07, 6.45) is 1.57. The lowest BCUT2D eigenvalue weighted by Crippen LogP contribution is -1.99. The molecular weight excluding hydrogens is 244 g/mol. The summed E-state index contributed by atoms with van der Waals surface area (Å²) in [7, 11) is 1.67. The highest BCUT2D eigenvalue weighted by molar-refractivity contribution is 9.10. The number of ether oxygens (including phenoxy) is 1. The van der Waals surface area contributed by atoms with Crippen molar-refractivity contribution in [1.82, 2.24) is 0 Å². The lowest BCUT2D eigenvalue weighted by atomic mass is 10.0. The van der Waals surface area contributed by atoms with E-state index in [9.17, 15) is 0 Å². The Balaban J connectivity index is 3.17. The summed E-state index contributed by atoms with van der Waals surface area (Å²) < 4.78 is 6.38. The van der Waals surface area contributed by atoms with Crippen LogP contribution in [0.15, 0.2) is 16.6 Å². The van der Waals surface area contributed by atoms with Crippen LogP contribution in [0.3, 0.4) is 0 Å². The number of hydrogen-bond acceptors (Lipinski definition) is 2. The Morgan fingerprint density at radius 3 is 2.50 bits per heavy atom. The topological polar surface area (TPSA) is 29.5 Å². The lowest BCUT2D eigenvalue weighted by Gasteiger charge is -2.12. The van der Waals surface area contributed by atoms with Gasteiger partial charge in [0, 0.05) is 11.1 Å². The molecule has 1 aromatic carbocycles. The molecule has 0 fully saturated rings. The maximum absolute atomic E-state index is 8.92. The van der Waals surface area contributed by atoms with Crippen molar-refractivity contribution in [1.29, 1.82) is 0 Å². The van der Waals surface area contributed by atoms with Gasteiger partial charge in [-0.2, -0.15) is 0 Å². The van der Waals surface area contributed by atoms with E-state index in [1.807, 2.05) is 6.07 Å². The number of hydrogen-bond donors (Lipinski definition) is 1. The van der Waals surface area contributed by atoms with Crippen LogP contribution in [0.4, 0.5) is 0 Å². The van der Waals surface area contributed by atoms with Gasteiger partial charge in [-0.1, -0.05) is 22.9 Å². The third-order valence-corrected chi connectivity index (χ3v) is 2.63. The third-order valence-electron chi connectivity index (χ3n) is 2.17. The zero-order valence-corrected chi connectivity index (χ0v) is 10.1. The van der Waals surface area contributed by atoms with Crippen LogP contribution in [0.2, 0.25) is 0 Å². The van der Waals surface area contributed by atoms with Gasteiger partial charge in [-0.15, -0.1) is 0 Å². The van der Waals surface area contributed by atoms with Crippen LogP contribution in [0, 0.1) is 0 Å². The number of rotatable bonds is 4. The number of aliphatic hydroxyl groups is 1. The molecule has 0 aliphatic carbocycles. The molecule has 0 saturated carbocycles. The molecular formula is C11H15BrO2. The highest BCUT2D eigenvalue weighted by Crippen LogP contribution is 2.29. The number of benzene rings is 1. The van der Waals surface area contributed by atoms with Crippen LogP contribution in [-0.4, -0.2) is 18.8 Å². The standard InChI is InChI=1S/C11H15BrO2/c1-3-8-6-10(12)7-9(4-5-13)11(8)14-2/h6-7,13H,3-5H2,1-2H3. The van der Waals surface area contributed by atoms with E-state index in [-0.39, 0.29) is 6.61 Å². The van der Waals surface area contributed by atoms with Crippen molar-refractivity contribution in [3.8, 4) is 5.75 Å². The molecule has 0 aliphatic rings. The lowest BCUT2D eigenvalue weighted by molar-refractivity contribution is 0.296. The molecule has 0 bridgehead atoms. The summed E-state index contributed by atoms with van der Waals surface area (Å²) in [4.78, 5) is 0. The van der Waals surface area contributed by atoms with Gasteiger partial charge in [0.15, 0.2) is 0 Å². The second-order valence-corrected chi connectivity index (χ2v) is 4.00. The highest BCUT2D eigenvalue weighted by atomic mass is 79.9. The van der Waals surface area contributed by atoms with E-state index in [2.05, 4.69) is 28.9 Å². The summed E-state index contributed by atoms with van der Waals surface area (Å²) in [5.74, 6) is 0.907. The fourth-order valence-electron chi connectivity index (χ4n) is 1.54. The van der Waals surface area contributed by atoms with Gasteiger partial charge in [-0.05, 0) is 36.1 Å². The normalized spacial score (nSPS) is 10.3. The average molecular weight is 259 g/mol. The minimum Gasteiger partial charge on any atom is -0.496 e. The van der Waals surface area contributed by atoms with Crippen LogP contribution in [0.25, 0.3) is 0 Å². The first-order valence-corrected chi connectivity index (χ1v) is 5.48. The van der Waals surface area contributed by atoms with Gasteiger partial charge < -0.3 is 9.84 Å². The van der Waals surface area contributed by atoms with Crippen molar-refractivity contribution in [2.75, 3.05) is 13.7 Å². The van der Waals surface area contributed by atoms with Gasteiger partial charge >= 0.3 is 0 Å². The second-order valence-electron chi connectivity index (χ2n) is 3.08. The van der Waals surface area contributed by atoms with Gasteiger partial charge in [-0.3, -0.25) is 0 Å². The van der Waals surface area contributed by atoms with Crippen molar-refractivity contribution in [3.63, 3.8) is 0 Å². The average Bonchev–Trinajstić information content (AvgIpc) is 2.17. The minimum absolute atomic E-state index is 0.149. The van der Waals surface area contributed by atoms with E-state index < -0.39 is 0 Å². The van der Waals surface area contributed by atoms with E-state index in [0.29, 0.717) is 6.42 Å². The van der Waals surface area contributed by atoms with Crippen molar-refractivity contribution in [2.24, 2.45) is 0 Å². The van der Waals surface area contributed by atoms with Crippen LogP contribution in [-0.2, 0) is 12.8 Å². The molecule has 0 radical (unpaired) electrons. The molecule has 0 amide bonds. The number of halogens is 1. The SMILES string of the molecule is CCc1cc(Br)cc(CCO)c1OC. The van der Waals surface area contributed by atoms with Gasteiger partial charge in [-0.25, -0.2) is 0 Å². The van der Waals surface area contributed by atoms with E-state index in [1.54, 1.807) is 7.11 Å². The van der Waals surface area contributed by atoms with Crippen molar-refractivity contribution in [2.45, 2.75) is 19.8 Å². The summed E-state index contributed by atoms with van der Waals surface area (Å²) in [6.45, 7) is 2.24. The summed E-state index contributed by atoms with van der Waals surface area (Å²) in [5.41, 5.74) is 2.23. The molecule has 3 heteroatoms. The molecule has 0 saturated heterocycles. The Labute approximate surface area is 93.0 Å². The Hall–Kier alpha value is -0.540. The van der Waals surface area contributed by atoms with Crippen molar-refractivity contribution < 1.29 is 9.84 Å². The smallest absolute Gasteiger partial charge is 0.125 e. The van der Waals surface area contributed by atoms with Crippen molar-refractivity contribution in [3.05, 3.63) is 27.7 Å². The predicted molar refractivity (Wildman–Crippen MR) is 60.9 cm³/mol. The summed E-state index contributed by atoms with van der Waals surface area (Å²) >= 11 is 3.45. The van der Waals surface area contributed by atoms with E-state index in [1.165, 1.54) is 5.56 Å². The fourth-order valence-corrected chi connectivity index (χ4v) is 2.10. The molecule has 78 valence electrons. The first-order valence-electron chi connectivity index (χ1n) is 4.69. The molecule has 0 unspecified atom stereocenters. The molecule has 2 nitrogen and oxygen atoms in total. The quantitative estimate of drug-likeness (QED) is 0.900. The van der Waals surface area contributed by atoms with Crippen molar-refractivity contribution >= 4 is 15.9 Å². The minimum atomic E-state index is 0.149. The molecule has 0 spiro atoms. The second kappa shape index (κ2) is 5.37. The third kappa shape index (κ3) is 2.49. The molecule has 0 atom stereocenters. The Bertz CT molecular complexity index is 310. The van der Waals surface area contributed by atoms with Crippen LogP contribution in [0.1, 0.15) is 18.1 Å². The van der Waals surface area contributed by atoms with Gasteiger partial charge in [0.05, 0.1) is 7.11 Å². The molecule has 1 aromatic rings. The monoisotopic (exact) mass is 258 g/mol. The molecule has 0 aromatic heterocycles. The number of methoxy groups -OCH3 is 1. The zero-order chi connectivity index (χ0) is 10.6. The Morgan fingerprint density at radius 1 is 1.36 bits per heavy atom. The fraction of sp³-hybridized carbons (Fsp3) is 0.455. The molecule has 14 heavy (non-hydrogen) atoms. The number of aryl methyl sites for hydroxylation is 1. The largest absolute Gasteiger partial charge is 0.496 e. The molecule has 1 N–H and O–H groups in total. The van der Waals surface area contributed by atoms with Gasteiger partial charge in [0.2, 0.25) is 0 Å². The van der Waals surface area contributed by atoms with Gasteiger partial charge in [0.25, 0.3) is 0 Å². The molecule has 0 heterocycles. The maximum Gasteiger partial charge on any atom is 0.125 e. The van der Waals surface area contributed by atoms with Crippen LogP contribution < -0.4 is 4.74 Å². The zero-order valence-electron chi connectivity index (χ0n) is 8.51. The van der Waals surface area contributed by atoms with E-state index in [4.69, 9.17) is 9.84 Å². The Morgan fingerprint density at radius 2 is 2.00 bits per heavy atom. The van der Waals surface area contributed by atoms with E-state index in [0.717, 1.165) is 22.2 Å². The first-order chi connectivity index (χ1) is 6.72. The Kier molecular flexibility index (Phi) is 4.42. The molecule has 1 rings (SSSR count). The predicted octanol–water partition coefficient (Wildman–Crippen LogP) is 2.55. The van der Waals surface area contributed by atoms with Crippen LogP contribution >= 0.6 is 15.9 Å². The van der Waals surface area contributed by atoms with Gasteiger partial charge in [0.1, 0.15) is 5.75 Å². The van der Waals surface area contributed by atoms with Crippen LogP contribution in [0.5, 0.6) is 5.75 Å². The highest BCUT2D eigenvalue weighted by Gasteiger charge is 2.08. The number of aliphatic hydroxyl groups excluding tert-OH is 1. The molecule has 0 aliphatic heterocycles. The van der Waals surface area contributed by atoms with E-state index >= 15 is 0 Å². The summed E-state index contributed by atoms with van der Waals surface area (Å²) in [6, 6.07) is 4.05. The maximum atomic E-state index is 8.92.